The Labute approximate surface area is 236 Å². The quantitative estimate of drug-likeness (QED) is 0.216. The van der Waals surface area contributed by atoms with Crippen LogP contribution in [0, 0.1) is 11.6 Å². The van der Waals surface area contributed by atoms with Gasteiger partial charge in [-0.25, -0.2) is 13.8 Å². The molecule has 0 atom stereocenters. The number of aliphatic imine (C=N–C) groups is 1. The molecular formula is C28H35F2N7O4. The highest BCUT2D eigenvalue weighted by Crippen LogP contribution is 2.38. The van der Waals surface area contributed by atoms with Crippen LogP contribution < -0.4 is 25.4 Å². The topological polar surface area (TPSA) is 141 Å². The fraction of sp³-hybridized carbons (Fsp3) is 0.393. The summed E-state index contributed by atoms with van der Waals surface area (Å²) in [6.07, 6.45) is 1.69. The van der Waals surface area contributed by atoms with Gasteiger partial charge in [0.2, 0.25) is 5.91 Å². The van der Waals surface area contributed by atoms with Crippen molar-refractivity contribution >= 4 is 28.9 Å². The van der Waals surface area contributed by atoms with Gasteiger partial charge in [-0.05, 0) is 37.6 Å². The summed E-state index contributed by atoms with van der Waals surface area (Å²) in [5.74, 6) is -1.10. The summed E-state index contributed by atoms with van der Waals surface area (Å²) < 4.78 is 40.8. The van der Waals surface area contributed by atoms with E-state index in [1.54, 1.807) is 18.2 Å². The predicted molar refractivity (Wildman–Crippen MR) is 152 cm³/mol. The van der Waals surface area contributed by atoms with E-state index in [1.165, 1.54) is 24.1 Å². The van der Waals surface area contributed by atoms with Crippen molar-refractivity contribution in [3.63, 3.8) is 0 Å². The number of nitrogens with one attached hydrogen (secondary N) is 2. The molecule has 4 rings (SSSR count). The largest absolute Gasteiger partial charge is 0.493 e. The smallest absolute Gasteiger partial charge is 0.223 e. The minimum atomic E-state index is -1.02. The lowest BCUT2D eigenvalue weighted by Crippen LogP contribution is -2.41. The average molecular weight is 572 g/mol. The number of rotatable bonds is 14. The number of aliphatic hydroxyl groups excluding tert-OH is 1. The molecule has 2 heterocycles. The standard InChI is InChI=1S/C28H35F2N7O4/c1-3-8-36(10-11-38)9-5-12-41-24-16-21-19(15-23(24)40-2)28(33-26-14-18(34-35-26)13-25(31)39)37(17-32-21)22-7-4-6-20(29)27(22)30/h4,6-7,14-16,32,38H,3,5,8-13,17H2,1-2H3,(H2,31,39)(H,34,35). The number of hydrogen-bond acceptors (Lipinski definition) is 8. The highest BCUT2D eigenvalue weighted by atomic mass is 19.2. The highest BCUT2D eigenvalue weighted by molar-refractivity contribution is 6.16. The van der Waals surface area contributed by atoms with E-state index in [9.17, 15) is 18.7 Å². The van der Waals surface area contributed by atoms with Gasteiger partial charge < -0.3 is 35.4 Å². The van der Waals surface area contributed by atoms with Gasteiger partial charge in [-0.15, -0.1) is 0 Å². The minimum absolute atomic E-state index is 0.0198. The molecule has 11 nitrogen and oxygen atoms in total. The summed E-state index contributed by atoms with van der Waals surface area (Å²) in [5.41, 5.74) is 6.92. The summed E-state index contributed by atoms with van der Waals surface area (Å²) in [7, 11) is 1.51. The van der Waals surface area contributed by atoms with E-state index in [2.05, 4.69) is 32.3 Å². The van der Waals surface area contributed by atoms with Gasteiger partial charge in [0, 0.05) is 36.5 Å². The van der Waals surface area contributed by atoms with Crippen LogP contribution in [0.5, 0.6) is 11.5 Å². The maximum absolute atomic E-state index is 14.9. The molecule has 0 saturated heterocycles. The van der Waals surface area contributed by atoms with Crippen molar-refractivity contribution < 1.29 is 28.2 Å². The number of amides is 1. The molecule has 220 valence electrons. The van der Waals surface area contributed by atoms with Crippen molar-refractivity contribution in [2.24, 2.45) is 10.7 Å². The maximum atomic E-state index is 14.9. The normalized spacial score (nSPS) is 13.8. The number of anilines is 2. The molecule has 0 bridgehead atoms. The molecular weight excluding hydrogens is 536 g/mol. The van der Waals surface area contributed by atoms with Crippen LogP contribution in [-0.2, 0) is 11.2 Å². The summed E-state index contributed by atoms with van der Waals surface area (Å²) >= 11 is 0. The first kappa shape index (κ1) is 29.7. The average Bonchev–Trinajstić information content (AvgIpc) is 3.38. The van der Waals surface area contributed by atoms with E-state index >= 15 is 0 Å². The lowest BCUT2D eigenvalue weighted by Gasteiger charge is -2.33. The number of aromatic nitrogens is 2. The van der Waals surface area contributed by atoms with Crippen molar-refractivity contribution in [1.29, 1.82) is 0 Å². The van der Waals surface area contributed by atoms with Crippen LogP contribution in [0.2, 0.25) is 0 Å². The third kappa shape index (κ3) is 7.30. The number of ether oxygens (including phenoxy) is 2. The third-order valence-electron chi connectivity index (χ3n) is 6.48. The number of primary amides is 1. The molecule has 0 aliphatic carbocycles. The molecule has 3 aromatic rings. The zero-order valence-electron chi connectivity index (χ0n) is 23.1. The van der Waals surface area contributed by atoms with Crippen molar-refractivity contribution in [3.8, 4) is 11.5 Å². The van der Waals surface area contributed by atoms with E-state index < -0.39 is 17.5 Å². The number of halogens is 2. The van der Waals surface area contributed by atoms with Gasteiger partial charge in [0.25, 0.3) is 0 Å². The Balaban J connectivity index is 1.66. The zero-order valence-corrected chi connectivity index (χ0v) is 23.1. The van der Waals surface area contributed by atoms with Gasteiger partial charge in [0.05, 0.1) is 44.8 Å². The van der Waals surface area contributed by atoms with Crippen LogP contribution in [0.1, 0.15) is 31.0 Å². The summed E-state index contributed by atoms with van der Waals surface area (Å²) in [5, 5.41) is 19.4. The van der Waals surface area contributed by atoms with Gasteiger partial charge in [-0.3, -0.25) is 9.89 Å². The lowest BCUT2D eigenvalue weighted by molar-refractivity contribution is -0.117. The lowest BCUT2D eigenvalue weighted by atomic mass is 10.1. The molecule has 0 fully saturated rings. The van der Waals surface area contributed by atoms with Crippen LogP contribution in [0.3, 0.4) is 0 Å². The third-order valence-corrected chi connectivity index (χ3v) is 6.48. The molecule has 1 aliphatic rings. The van der Waals surface area contributed by atoms with E-state index in [0.717, 1.165) is 32.0 Å². The number of benzene rings is 2. The summed E-state index contributed by atoms with van der Waals surface area (Å²) in [6, 6.07) is 8.97. The maximum Gasteiger partial charge on any atom is 0.223 e. The van der Waals surface area contributed by atoms with Crippen molar-refractivity contribution in [3.05, 3.63) is 59.3 Å². The molecule has 0 radical (unpaired) electrons. The van der Waals surface area contributed by atoms with Gasteiger partial charge >= 0.3 is 0 Å². The van der Waals surface area contributed by atoms with Crippen molar-refractivity contribution in [1.82, 2.24) is 15.1 Å². The number of methoxy groups -OCH3 is 1. The number of nitrogens with two attached hydrogens (primary N) is 1. The molecule has 41 heavy (non-hydrogen) atoms. The second kappa shape index (κ2) is 13.9. The number of H-pyrrole nitrogens is 1. The number of nitrogens with zero attached hydrogens (tertiary/aromatic N) is 4. The Kier molecular flexibility index (Phi) is 10.1. The first-order valence-corrected chi connectivity index (χ1v) is 13.4. The number of hydrogen-bond donors (Lipinski definition) is 4. The number of aliphatic hydroxyl groups is 1. The highest BCUT2D eigenvalue weighted by Gasteiger charge is 2.29. The Hall–Kier alpha value is -4.23. The van der Waals surface area contributed by atoms with E-state index in [-0.39, 0.29) is 37.0 Å². The molecule has 13 heteroatoms. The number of aromatic amines is 1. The molecule has 0 saturated carbocycles. The van der Waals surface area contributed by atoms with Crippen LogP contribution in [-0.4, -0.2) is 78.6 Å². The van der Waals surface area contributed by atoms with Crippen molar-refractivity contribution in [2.45, 2.75) is 26.2 Å². The predicted octanol–water partition coefficient (Wildman–Crippen LogP) is 3.17. The van der Waals surface area contributed by atoms with E-state index in [4.69, 9.17) is 15.2 Å². The number of fused-ring (bicyclic) bond motifs is 1. The van der Waals surface area contributed by atoms with E-state index in [0.29, 0.717) is 41.6 Å². The second-order valence-electron chi connectivity index (χ2n) is 9.48. The molecule has 1 aromatic heterocycles. The van der Waals surface area contributed by atoms with Crippen LogP contribution in [0.15, 0.2) is 41.4 Å². The monoisotopic (exact) mass is 571 g/mol. The van der Waals surface area contributed by atoms with Gasteiger partial charge in [0.15, 0.2) is 29.0 Å². The van der Waals surface area contributed by atoms with Gasteiger partial charge in [-0.2, -0.15) is 5.10 Å². The van der Waals surface area contributed by atoms with E-state index in [1.807, 2.05) is 0 Å². The fourth-order valence-electron chi connectivity index (χ4n) is 4.63. The Morgan fingerprint density at radius 3 is 2.78 bits per heavy atom. The molecule has 0 unspecified atom stereocenters. The second-order valence-corrected chi connectivity index (χ2v) is 9.48. The van der Waals surface area contributed by atoms with Gasteiger partial charge in [-0.1, -0.05) is 13.0 Å². The molecule has 1 aliphatic heterocycles. The van der Waals surface area contributed by atoms with Crippen molar-refractivity contribution in [2.75, 3.05) is 56.8 Å². The number of carbonyl (C=O) groups excluding carboxylic acids is 1. The first-order chi connectivity index (χ1) is 19.8. The summed E-state index contributed by atoms with van der Waals surface area (Å²) in [4.78, 5) is 19.7. The minimum Gasteiger partial charge on any atom is -0.493 e. The Morgan fingerprint density at radius 1 is 1.22 bits per heavy atom. The molecule has 5 N–H and O–H groups in total. The number of amidine groups is 1. The number of carbonyl (C=O) groups is 1. The SMILES string of the molecule is CCCN(CCO)CCCOc1cc2c(cc1OC)C(=Nc1cc(CC(N)=O)[nH]n1)N(c1cccc(F)c1F)CN2. The molecule has 1 amide bonds. The Bertz CT molecular complexity index is 1380. The summed E-state index contributed by atoms with van der Waals surface area (Å²) in [6.45, 7) is 5.01. The fourth-order valence-corrected chi connectivity index (χ4v) is 4.63. The molecule has 2 aromatic carbocycles. The zero-order chi connectivity index (χ0) is 29.4. The van der Waals surface area contributed by atoms with Crippen LogP contribution in [0.25, 0.3) is 0 Å². The molecule has 0 spiro atoms. The van der Waals surface area contributed by atoms with Crippen LogP contribution in [0.4, 0.5) is 26.0 Å². The Morgan fingerprint density at radius 2 is 2.05 bits per heavy atom. The first-order valence-electron chi connectivity index (χ1n) is 13.4. The van der Waals surface area contributed by atoms with Crippen LogP contribution >= 0.6 is 0 Å². The van der Waals surface area contributed by atoms with Gasteiger partial charge in [0.1, 0.15) is 5.84 Å².